The van der Waals surface area contributed by atoms with Gasteiger partial charge in [0.25, 0.3) is 0 Å². The summed E-state index contributed by atoms with van der Waals surface area (Å²) >= 11 is 0. The molecule has 3 atom stereocenters. The van der Waals surface area contributed by atoms with Crippen LogP contribution < -0.4 is 0 Å². The van der Waals surface area contributed by atoms with E-state index in [1.807, 2.05) is 0 Å². The molecule has 0 aromatic heterocycles. The summed E-state index contributed by atoms with van der Waals surface area (Å²) in [4.78, 5) is 0. The molecule has 1 aliphatic heterocycles. The lowest BCUT2D eigenvalue weighted by Crippen LogP contribution is -2.23. The van der Waals surface area contributed by atoms with Crippen LogP contribution in [0.25, 0.3) is 12.2 Å². The van der Waals surface area contributed by atoms with Gasteiger partial charge in [0.2, 0.25) is 0 Å². The highest BCUT2D eigenvalue weighted by atomic mass is 31.2. The number of benzene rings is 3. The minimum atomic E-state index is -0.824. The van der Waals surface area contributed by atoms with Gasteiger partial charge < -0.3 is 4.52 Å². The average molecular weight is 385 g/mol. The lowest BCUT2D eigenvalue weighted by Gasteiger charge is -2.30. The van der Waals surface area contributed by atoms with E-state index in [-0.39, 0.29) is 11.8 Å². The molecule has 3 heteroatoms. The quantitative estimate of drug-likeness (QED) is 0.457. The zero-order valence-electron chi connectivity index (χ0n) is 16.2. The van der Waals surface area contributed by atoms with E-state index in [4.69, 9.17) is 4.52 Å². The number of fused-ring (bicyclic) bond motifs is 2. The molecule has 0 bridgehead atoms. The molecule has 3 unspecified atom stereocenters. The lowest BCUT2D eigenvalue weighted by molar-refractivity contribution is 0.217. The van der Waals surface area contributed by atoms with Gasteiger partial charge in [-0.3, -0.25) is 4.67 Å². The molecule has 1 fully saturated rings. The standard InChI is InChI=1S/C25H24NOP/c1-18-24(21-12-4-3-5-13-21)27-28(26(18)2)25-22-14-8-6-10-19(22)16-17-20-11-7-9-15-23(20)25/h3-18,24-25H,1-2H3. The Kier molecular flexibility index (Phi) is 4.64. The molecule has 3 aromatic rings. The Bertz CT molecular complexity index is 966. The fourth-order valence-electron chi connectivity index (χ4n) is 4.29. The van der Waals surface area contributed by atoms with Crippen molar-refractivity contribution < 1.29 is 4.52 Å². The van der Waals surface area contributed by atoms with Gasteiger partial charge in [0.05, 0.1) is 5.66 Å². The predicted octanol–water partition coefficient (Wildman–Crippen LogP) is 6.66. The molecule has 0 saturated carbocycles. The summed E-state index contributed by atoms with van der Waals surface area (Å²) in [6.45, 7) is 2.28. The number of nitrogens with zero attached hydrogens (tertiary/aromatic N) is 1. The summed E-state index contributed by atoms with van der Waals surface area (Å²) in [6, 6.07) is 28.5. The van der Waals surface area contributed by atoms with Gasteiger partial charge in [0.15, 0.2) is 0 Å². The molecule has 140 valence electrons. The van der Waals surface area contributed by atoms with Crippen molar-refractivity contribution in [1.82, 2.24) is 4.67 Å². The van der Waals surface area contributed by atoms with Crippen molar-refractivity contribution in [3.05, 3.63) is 107 Å². The monoisotopic (exact) mass is 385 g/mol. The summed E-state index contributed by atoms with van der Waals surface area (Å²) in [5.41, 5.74) is 6.81. The maximum absolute atomic E-state index is 6.84. The second-order valence-electron chi connectivity index (χ2n) is 7.55. The maximum atomic E-state index is 6.84. The molecule has 1 saturated heterocycles. The van der Waals surface area contributed by atoms with E-state index in [0.717, 1.165) is 0 Å². The van der Waals surface area contributed by atoms with Gasteiger partial charge in [-0.2, -0.15) is 0 Å². The SMILES string of the molecule is CC1C(c2ccccc2)OP(C2c3ccccc3C=Cc3ccccc32)N1C. The van der Waals surface area contributed by atoms with E-state index in [1.165, 1.54) is 27.8 Å². The fraction of sp³-hybridized carbons (Fsp3) is 0.200. The maximum Gasteiger partial charge on any atom is 0.117 e. The molecular weight excluding hydrogens is 361 g/mol. The average Bonchev–Trinajstić information content (AvgIpc) is 2.94. The molecule has 3 aromatic carbocycles. The first-order valence-electron chi connectivity index (χ1n) is 9.83. The van der Waals surface area contributed by atoms with Crippen LogP contribution in [0.5, 0.6) is 0 Å². The molecular formula is C25H24NOP. The molecule has 0 N–H and O–H groups in total. The highest BCUT2D eigenvalue weighted by molar-refractivity contribution is 7.51. The smallest absolute Gasteiger partial charge is 0.117 e. The first-order chi connectivity index (χ1) is 13.7. The second kappa shape index (κ2) is 7.29. The molecule has 2 nitrogen and oxygen atoms in total. The van der Waals surface area contributed by atoms with Crippen molar-refractivity contribution in [3.63, 3.8) is 0 Å². The van der Waals surface area contributed by atoms with Crippen molar-refractivity contribution in [2.75, 3.05) is 7.05 Å². The zero-order valence-corrected chi connectivity index (χ0v) is 17.1. The molecule has 1 heterocycles. The van der Waals surface area contributed by atoms with Crippen LogP contribution in [0, 0.1) is 0 Å². The largest absolute Gasteiger partial charge is 0.333 e. The normalized spacial score (nSPS) is 24.6. The molecule has 28 heavy (non-hydrogen) atoms. The van der Waals surface area contributed by atoms with Gasteiger partial charge in [-0.05, 0) is 41.8 Å². The zero-order chi connectivity index (χ0) is 19.1. The minimum Gasteiger partial charge on any atom is -0.333 e. The van der Waals surface area contributed by atoms with E-state index >= 15 is 0 Å². The van der Waals surface area contributed by atoms with Crippen LogP contribution in [0.15, 0.2) is 78.9 Å². The Hall–Kier alpha value is -2.25. The highest BCUT2D eigenvalue weighted by Crippen LogP contribution is 2.66. The van der Waals surface area contributed by atoms with Crippen LogP contribution in [0.2, 0.25) is 0 Å². The molecule has 5 rings (SSSR count). The summed E-state index contributed by atoms with van der Waals surface area (Å²) in [6.07, 6.45) is 4.60. The Morgan fingerprint density at radius 2 is 1.29 bits per heavy atom. The predicted molar refractivity (Wildman–Crippen MR) is 118 cm³/mol. The lowest BCUT2D eigenvalue weighted by atomic mass is 9.99. The van der Waals surface area contributed by atoms with Crippen LogP contribution in [0.3, 0.4) is 0 Å². The Labute approximate surface area is 168 Å². The number of likely N-dealkylation sites (N-methyl/N-ethyl adjacent to an activating group) is 1. The molecule has 2 aliphatic rings. The highest BCUT2D eigenvalue weighted by Gasteiger charge is 2.44. The molecule has 1 aliphatic carbocycles. The van der Waals surface area contributed by atoms with Crippen molar-refractivity contribution in [3.8, 4) is 0 Å². The number of rotatable bonds is 2. The third kappa shape index (κ3) is 2.93. The van der Waals surface area contributed by atoms with E-state index in [1.54, 1.807) is 0 Å². The number of hydrogen-bond donors (Lipinski definition) is 0. The van der Waals surface area contributed by atoms with Gasteiger partial charge in [-0.15, -0.1) is 0 Å². The van der Waals surface area contributed by atoms with Crippen LogP contribution in [0.4, 0.5) is 0 Å². The van der Waals surface area contributed by atoms with Crippen LogP contribution >= 0.6 is 8.30 Å². The van der Waals surface area contributed by atoms with Gasteiger partial charge in [0.1, 0.15) is 14.4 Å². The Balaban J connectivity index is 1.62. The van der Waals surface area contributed by atoms with Crippen molar-refractivity contribution in [1.29, 1.82) is 0 Å². The topological polar surface area (TPSA) is 12.5 Å². The van der Waals surface area contributed by atoms with Crippen LogP contribution in [-0.4, -0.2) is 17.8 Å². The van der Waals surface area contributed by atoms with E-state index < -0.39 is 8.30 Å². The van der Waals surface area contributed by atoms with Gasteiger partial charge in [0, 0.05) is 6.04 Å². The van der Waals surface area contributed by atoms with Crippen LogP contribution in [0.1, 0.15) is 46.5 Å². The third-order valence-corrected chi connectivity index (χ3v) is 8.36. The van der Waals surface area contributed by atoms with Gasteiger partial charge in [-0.1, -0.05) is 91.0 Å². The minimum absolute atomic E-state index is 0.104. The van der Waals surface area contributed by atoms with Crippen molar-refractivity contribution >= 4 is 20.5 Å². The van der Waals surface area contributed by atoms with Gasteiger partial charge in [-0.25, -0.2) is 0 Å². The summed E-state index contributed by atoms with van der Waals surface area (Å²) < 4.78 is 9.31. The second-order valence-corrected chi connectivity index (χ2v) is 9.51. The first kappa shape index (κ1) is 17.8. The van der Waals surface area contributed by atoms with Gasteiger partial charge >= 0.3 is 0 Å². The first-order valence-corrected chi connectivity index (χ1v) is 11.1. The number of hydrogen-bond acceptors (Lipinski definition) is 2. The summed E-state index contributed by atoms with van der Waals surface area (Å²) in [7, 11) is 1.40. The summed E-state index contributed by atoms with van der Waals surface area (Å²) in [5, 5.41) is 0. The van der Waals surface area contributed by atoms with E-state index in [0.29, 0.717) is 6.04 Å². The Morgan fingerprint density at radius 1 is 0.750 bits per heavy atom. The molecule has 0 spiro atoms. The van der Waals surface area contributed by atoms with Crippen LogP contribution in [-0.2, 0) is 4.52 Å². The van der Waals surface area contributed by atoms with E-state index in [9.17, 15) is 0 Å². The van der Waals surface area contributed by atoms with E-state index in [2.05, 4.69) is 110 Å². The fourth-order valence-corrected chi connectivity index (χ4v) is 6.88. The summed E-state index contributed by atoms with van der Waals surface area (Å²) in [5.74, 6) is 0. The van der Waals surface area contributed by atoms with Crippen molar-refractivity contribution in [2.45, 2.75) is 24.7 Å². The third-order valence-electron chi connectivity index (χ3n) is 5.93. The van der Waals surface area contributed by atoms with Crippen molar-refractivity contribution in [2.24, 2.45) is 0 Å². The molecule has 0 radical (unpaired) electrons. The Morgan fingerprint density at radius 3 is 1.89 bits per heavy atom. The molecule has 0 amide bonds.